The molecule has 0 saturated heterocycles. The third kappa shape index (κ3) is 4.06. The Morgan fingerprint density at radius 2 is 1.89 bits per heavy atom. The minimum Gasteiger partial charge on any atom is -0.393 e. The molecule has 1 amide bonds. The molecule has 1 aromatic heterocycles. The van der Waals surface area contributed by atoms with Crippen LogP contribution < -0.4 is 5.32 Å². The Morgan fingerprint density at radius 3 is 2.71 bits per heavy atom. The number of carbonyl (C=O) groups excluding carboxylic acids is 1. The Labute approximate surface area is 228 Å². The number of nitrogens with one attached hydrogen (secondary N) is 1. The van der Waals surface area contributed by atoms with Gasteiger partial charge in [-0.05, 0) is 122 Å². The molecule has 4 saturated carbocycles. The zero-order chi connectivity index (χ0) is 26.8. The van der Waals surface area contributed by atoms with Crippen molar-refractivity contribution in [2.75, 3.05) is 5.32 Å². The van der Waals surface area contributed by atoms with E-state index in [1.165, 1.54) is 25.7 Å². The number of hydrogen-bond donors (Lipinski definition) is 3. The molecule has 5 nitrogen and oxygen atoms in total. The van der Waals surface area contributed by atoms with Crippen LogP contribution in [0.2, 0.25) is 0 Å². The lowest BCUT2D eigenvalue weighted by atomic mass is 9.43. The van der Waals surface area contributed by atoms with Gasteiger partial charge < -0.3 is 20.1 Å². The summed E-state index contributed by atoms with van der Waals surface area (Å²) in [6.07, 6.45) is 11.8. The number of carbonyl (C=O) groups is 1. The number of hydrogen-bond acceptors (Lipinski definition) is 3. The summed E-state index contributed by atoms with van der Waals surface area (Å²) in [7, 11) is 2.03. The van der Waals surface area contributed by atoms with Crippen LogP contribution in [-0.2, 0) is 11.8 Å². The van der Waals surface area contributed by atoms with Gasteiger partial charge in [0.25, 0.3) is 0 Å². The van der Waals surface area contributed by atoms with E-state index >= 15 is 0 Å². The first-order valence-corrected chi connectivity index (χ1v) is 15.3. The zero-order valence-electron chi connectivity index (χ0n) is 23.8. The predicted molar refractivity (Wildman–Crippen MR) is 153 cm³/mol. The molecule has 0 unspecified atom stereocenters. The number of nitrogens with zero attached hydrogens (tertiary/aromatic N) is 1. The summed E-state index contributed by atoms with van der Waals surface area (Å²) in [6, 6.07) is 8.13. The van der Waals surface area contributed by atoms with Gasteiger partial charge in [-0.15, -0.1) is 0 Å². The molecule has 1 aromatic carbocycles. The number of anilines is 1. The van der Waals surface area contributed by atoms with Crippen molar-refractivity contribution in [1.82, 2.24) is 4.57 Å². The first-order chi connectivity index (χ1) is 18.1. The summed E-state index contributed by atoms with van der Waals surface area (Å²) in [5, 5.41) is 26.4. The molecule has 38 heavy (non-hydrogen) atoms. The van der Waals surface area contributed by atoms with Gasteiger partial charge in [-0.25, -0.2) is 0 Å². The second kappa shape index (κ2) is 9.66. The molecule has 0 bridgehead atoms. The molecular weight excluding hydrogens is 472 g/mol. The molecule has 4 aliphatic carbocycles. The predicted octanol–water partition coefficient (Wildman–Crippen LogP) is 6.52. The van der Waals surface area contributed by atoms with Crippen molar-refractivity contribution in [2.45, 2.75) is 97.2 Å². The van der Waals surface area contributed by atoms with Crippen molar-refractivity contribution in [2.24, 2.45) is 53.4 Å². The number of aryl methyl sites for hydroxylation is 1. The normalized spacial score (nSPS) is 41.3. The van der Waals surface area contributed by atoms with Crippen LogP contribution >= 0.6 is 0 Å². The maximum Gasteiger partial charge on any atom is 0.224 e. The third-order valence-electron chi connectivity index (χ3n) is 12.5. The van der Waals surface area contributed by atoms with Gasteiger partial charge in [-0.2, -0.15) is 0 Å². The average molecular weight is 521 g/mol. The van der Waals surface area contributed by atoms with Gasteiger partial charge in [0.15, 0.2) is 0 Å². The molecule has 0 spiro atoms. The van der Waals surface area contributed by atoms with Crippen molar-refractivity contribution >= 4 is 22.5 Å². The highest BCUT2D eigenvalue weighted by Crippen LogP contribution is 2.68. The van der Waals surface area contributed by atoms with Crippen LogP contribution in [-0.4, -0.2) is 32.9 Å². The van der Waals surface area contributed by atoms with Crippen molar-refractivity contribution in [3.05, 3.63) is 30.5 Å². The Morgan fingerprint density at radius 1 is 1.08 bits per heavy atom. The van der Waals surface area contributed by atoms with Gasteiger partial charge in [0, 0.05) is 30.6 Å². The van der Waals surface area contributed by atoms with Gasteiger partial charge >= 0.3 is 0 Å². The molecular formula is C33H48N2O3. The fourth-order valence-corrected chi connectivity index (χ4v) is 10.3. The van der Waals surface area contributed by atoms with Crippen LogP contribution in [0.15, 0.2) is 30.5 Å². The van der Waals surface area contributed by atoms with Gasteiger partial charge in [0.1, 0.15) is 0 Å². The van der Waals surface area contributed by atoms with Crippen molar-refractivity contribution in [3.63, 3.8) is 0 Å². The van der Waals surface area contributed by atoms with Crippen molar-refractivity contribution in [1.29, 1.82) is 0 Å². The van der Waals surface area contributed by atoms with E-state index in [2.05, 4.69) is 42.8 Å². The van der Waals surface area contributed by atoms with E-state index in [0.717, 1.165) is 48.7 Å². The van der Waals surface area contributed by atoms with Gasteiger partial charge in [0.2, 0.25) is 5.91 Å². The molecule has 6 rings (SSSR count). The molecule has 2 aromatic rings. The topological polar surface area (TPSA) is 74.5 Å². The highest BCUT2D eigenvalue weighted by Gasteiger charge is 2.63. The number of benzene rings is 1. The van der Waals surface area contributed by atoms with Gasteiger partial charge in [0.05, 0.1) is 17.9 Å². The summed E-state index contributed by atoms with van der Waals surface area (Å²) < 4.78 is 2.08. The van der Waals surface area contributed by atoms with Crippen LogP contribution in [0, 0.1) is 46.3 Å². The van der Waals surface area contributed by atoms with Crippen molar-refractivity contribution in [3.8, 4) is 0 Å². The molecule has 4 aliphatic rings. The fraction of sp³-hybridized carbons (Fsp3) is 0.727. The summed E-state index contributed by atoms with van der Waals surface area (Å²) in [4.78, 5) is 13.0. The van der Waals surface area contributed by atoms with E-state index in [-0.39, 0.29) is 28.9 Å². The molecule has 0 aliphatic heterocycles. The van der Waals surface area contributed by atoms with E-state index in [1.54, 1.807) is 0 Å². The lowest BCUT2D eigenvalue weighted by Gasteiger charge is -2.62. The Bertz CT molecular complexity index is 1190. The first kappa shape index (κ1) is 26.4. The number of aliphatic hydroxyl groups excluding tert-OH is 2. The Balaban J connectivity index is 1.12. The largest absolute Gasteiger partial charge is 0.393 e. The SMILES string of the molecule is C[C@H](CCC(=O)Nc1cccc2c1ccn2C)[C@@H]1CC[C@@H]2[C@@H]3CC[C@H]4C[C@H](O)CC[C@]4(C)[C@@H]3C[C@H](O)[C@@]21C. The smallest absolute Gasteiger partial charge is 0.224 e. The lowest BCUT2D eigenvalue weighted by Crippen LogP contribution is -2.58. The van der Waals surface area contributed by atoms with E-state index in [9.17, 15) is 15.0 Å². The highest BCUT2D eigenvalue weighted by atomic mass is 16.3. The molecule has 0 radical (unpaired) electrons. The van der Waals surface area contributed by atoms with Crippen LogP contribution in [0.3, 0.4) is 0 Å². The number of fused-ring (bicyclic) bond motifs is 6. The summed E-state index contributed by atoms with van der Waals surface area (Å²) in [5.74, 6) is 3.44. The Hall–Kier alpha value is -1.85. The first-order valence-electron chi connectivity index (χ1n) is 15.3. The summed E-state index contributed by atoms with van der Waals surface area (Å²) in [6.45, 7) is 7.20. The van der Waals surface area contributed by atoms with Gasteiger partial charge in [-0.3, -0.25) is 4.79 Å². The van der Waals surface area contributed by atoms with Crippen LogP contribution in [0.4, 0.5) is 5.69 Å². The van der Waals surface area contributed by atoms with E-state index in [4.69, 9.17) is 0 Å². The fourth-order valence-electron chi connectivity index (χ4n) is 10.3. The van der Waals surface area contributed by atoms with Crippen LogP contribution in [0.5, 0.6) is 0 Å². The number of aliphatic hydroxyl groups is 2. The van der Waals surface area contributed by atoms with E-state index < -0.39 is 0 Å². The standard InChI is InChI=1S/C33H48N2O3/c1-20(8-13-31(38)34-28-6-5-7-29-24(28)15-17-35(29)4)25-11-12-26-23-10-9-21-18-22(36)14-16-32(21,2)27(23)19-30(37)33(25,26)3/h5-7,15,17,20-23,25-27,30,36-37H,8-14,16,18-19H2,1-4H3,(H,34,38)/t20-,21+,22-,23+,25+,26-,27-,30+,32+,33-/m1/s1. The van der Waals surface area contributed by atoms with Crippen LogP contribution in [0.1, 0.15) is 85.0 Å². The molecule has 5 heteroatoms. The number of amides is 1. The Kier molecular flexibility index (Phi) is 6.70. The minimum absolute atomic E-state index is 0.0515. The average Bonchev–Trinajstić information content (AvgIpc) is 3.45. The molecule has 3 N–H and O–H groups in total. The molecule has 4 fully saturated rings. The third-order valence-corrected chi connectivity index (χ3v) is 12.5. The lowest BCUT2D eigenvalue weighted by molar-refractivity contribution is -0.174. The summed E-state index contributed by atoms with van der Waals surface area (Å²) in [5.41, 5.74) is 2.23. The maximum atomic E-state index is 13.0. The number of rotatable bonds is 5. The van der Waals surface area contributed by atoms with Crippen molar-refractivity contribution < 1.29 is 15.0 Å². The van der Waals surface area contributed by atoms with E-state index in [0.29, 0.717) is 41.9 Å². The second-order valence-electron chi connectivity index (χ2n) is 14.1. The highest BCUT2D eigenvalue weighted by molar-refractivity contribution is 6.01. The summed E-state index contributed by atoms with van der Waals surface area (Å²) >= 11 is 0. The molecule has 10 atom stereocenters. The van der Waals surface area contributed by atoms with Gasteiger partial charge in [-0.1, -0.05) is 26.8 Å². The monoisotopic (exact) mass is 520 g/mol. The minimum atomic E-state index is -0.268. The maximum absolute atomic E-state index is 13.0. The number of aromatic nitrogens is 1. The molecule has 1 heterocycles. The van der Waals surface area contributed by atoms with Crippen LogP contribution in [0.25, 0.3) is 10.9 Å². The quantitative estimate of drug-likeness (QED) is 0.420. The van der Waals surface area contributed by atoms with E-state index in [1.807, 2.05) is 25.4 Å². The molecule has 208 valence electrons. The second-order valence-corrected chi connectivity index (χ2v) is 14.1. The zero-order valence-corrected chi connectivity index (χ0v) is 23.8.